The highest BCUT2D eigenvalue weighted by molar-refractivity contribution is 5.28. The minimum absolute atomic E-state index is 0.664. The molecule has 1 aromatic rings. The van der Waals surface area contributed by atoms with Gasteiger partial charge >= 0.3 is 0 Å². The van der Waals surface area contributed by atoms with Crippen molar-refractivity contribution in [2.24, 2.45) is 13.0 Å². The number of nitrogens with one attached hydrogen (secondary N) is 1. The minimum Gasteiger partial charge on any atom is -0.342 e. The Labute approximate surface area is 103 Å². The molecule has 0 unspecified atom stereocenters. The average Bonchev–Trinajstić information content (AvgIpc) is 2.69. The third kappa shape index (κ3) is 3.10. The first kappa shape index (κ1) is 12.2. The van der Waals surface area contributed by atoms with Crippen molar-refractivity contribution in [1.29, 1.82) is 5.26 Å². The van der Waals surface area contributed by atoms with E-state index >= 15 is 0 Å². The van der Waals surface area contributed by atoms with Gasteiger partial charge in [0, 0.05) is 25.8 Å². The topological polar surface area (TPSA) is 40.8 Å². The molecule has 1 aliphatic carbocycles. The van der Waals surface area contributed by atoms with Gasteiger partial charge in [0.1, 0.15) is 11.8 Å². The Kier molecular flexibility index (Phi) is 3.86. The molecule has 0 aliphatic heterocycles. The van der Waals surface area contributed by atoms with E-state index in [-0.39, 0.29) is 0 Å². The lowest BCUT2D eigenvalue weighted by Gasteiger charge is -2.26. The number of nitriles is 1. The van der Waals surface area contributed by atoms with Crippen LogP contribution in [-0.2, 0) is 13.6 Å². The van der Waals surface area contributed by atoms with E-state index in [0.29, 0.717) is 6.04 Å². The van der Waals surface area contributed by atoms with E-state index in [2.05, 4.69) is 18.3 Å². The minimum atomic E-state index is 0.664. The van der Waals surface area contributed by atoms with Crippen LogP contribution in [0, 0.1) is 17.2 Å². The van der Waals surface area contributed by atoms with Crippen LogP contribution in [0.15, 0.2) is 12.3 Å². The van der Waals surface area contributed by atoms with Crippen LogP contribution < -0.4 is 5.32 Å². The molecule has 3 nitrogen and oxygen atoms in total. The maximum absolute atomic E-state index is 8.89. The standard InChI is InChI=1S/C14H21N3/c1-11-3-5-13(6-4-11)16-9-12-7-14(8-15)17(2)10-12/h7,10-11,13,16H,3-6,9H2,1-2H3. The summed E-state index contributed by atoms with van der Waals surface area (Å²) in [6.07, 6.45) is 7.31. The van der Waals surface area contributed by atoms with E-state index in [1.54, 1.807) is 0 Å². The monoisotopic (exact) mass is 231 g/mol. The normalized spacial score (nSPS) is 24.5. The highest BCUT2D eigenvalue weighted by atomic mass is 14.9. The summed E-state index contributed by atoms with van der Waals surface area (Å²) in [5.41, 5.74) is 1.95. The van der Waals surface area contributed by atoms with Crippen molar-refractivity contribution in [3.63, 3.8) is 0 Å². The zero-order valence-corrected chi connectivity index (χ0v) is 10.7. The van der Waals surface area contributed by atoms with Gasteiger partial charge in [0.15, 0.2) is 0 Å². The highest BCUT2D eigenvalue weighted by Crippen LogP contribution is 2.23. The number of aryl methyl sites for hydroxylation is 1. The van der Waals surface area contributed by atoms with E-state index in [1.807, 2.05) is 23.9 Å². The molecule has 17 heavy (non-hydrogen) atoms. The van der Waals surface area contributed by atoms with Crippen molar-refractivity contribution in [2.45, 2.75) is 45.2 Å². The Morgan fingerprint density at radius 3 is 2.71 bits per heavy atom. The van der Waals surface area contributed by atoms with Gasteiger partial charge in [0.2, 0.25) is 0 Å². The predicted molar refractivity (Wildman–Crippen MR) is 68.4 cm³/mol. The first-order valence-corrected chi connectivity index (χ1v) is 6.47. The van der Waals surface area contributed by atoms with Gasteiger partial charge in [-0.05, 0) is 43.2 Å². The molecular weight excluding hydrogens is 210 g/mol. The molecule has 1 fully saturated rings. The summed E-state index contributed by atoms with van der Waals surface area (Å²) in [4.78, 5) is 0. The first-order chi connectivity index (χ1) is 8.19. The first-order valence-electron chi connectivity index (χ1n) is 6.47. The van der Waals surface area contributed by atoms with E-state index in [9.17, 15) is 0 Å². The molecule has 0 amide bonds. The molecule has 0 bridgehead atoms. The van der Waals surface area contributed by atoms with Crippen molar-refractivity contribution in [3.05, 3.63) is 23.5 Å². The molecule has 92 valence electrons. The Hall–Kier alpha value is -1.27. The lowest BCUT2D eigenvalue weighted by atomic mass is 9.87. The smallest absolute Gasteiger partial charge is 0.120 e. The second kappa shape index (κ2) is 5.37. The third-order valence-corrected chi connectivity index (χ3v) is 3.79. The molecule has 0 radical (unpaired) electrons. The summed E-state index contributed by atoms with van der Waals surface area (Å²) >= 11 is 0. The van der Waals surface area contributed by atoms with Crippen LogP contribution >= 0.6 is 0 Å². The average molecular weight is 231 g/mol. The van der Waals surface area contributed by atoms with Gasteiger partial charge in [-0.2, -0.15) is 5.26 Å². The van der Waals surface area contributed by atoms with Crippen LogP contribution in [0.3, 0.4) is 0 Å². The second-order valence-electron chi connectivity index (χ2n) is 5.29. The van der Waals surface area contributed by atoms with Crippen LogP contribution in [0.2, 0.25) is 0 Å². The fraction of sp³-hybridized carbons (Fsp3) is 0.643. The van der Waals surface area contributed by atoms with Crippen LogP contribution in [0.5, 0.6) is 0 Å². The molecule has 0 saturated heterocycles. The number of rotatable bonds is 3. The zero-order valence-electron chi connectivity index (χ0n) is 10.7. The fourth-order valence-electron chi connectivity index (χ4n) is 2.57. The van der Waals surface area contributed by atoms with Crippen molar-refractivity contribution in [3.8, 4) is 6.07 Å². The molecule has 0 aromatic carbocycles. The summed E-state index contributed by atoms with van der Waals surface area (Å²) in [5.74, 6) is 0.898. The molecule has 0 spiro atoms. The number of hydrogen-bond donors (Lipinski definition) is 1. The van der Waals surface area contributed by atoms with E-state index in [0.717, 1.165) is 18.2 Å². The number of aromatic nitrogens is 1. The van der Waals surface area contributed by atoms with Crippen LogP contribution in [0.4, 0.5) is 0 Å². The maximum atomic E-state index is 8.89. The van der Waals surface area contributed by atoms with E-state index < -0.39 is 0 Å². The number of hydrogen-bond acceptors (Lipinski definition) is 2. The van der Waals surface area contributed by atoms with E-state index in [1.165, 1.54) is 31.2 Å². The molecular formula is C14H21N3. The SMILES string of the molecule is CC1CCC(NCc2cc(C#N)n(C)c2)CC1. The van der Waals surface area contributed by atoms with Crippen LogP contribution in [-0.4, -0.2) is 10.6 Å². The lowest BCUT2D eigenvalue weighted by molar-refractivity contribution is 0.306. The van der Waals surface area contributed by atoms with Gasteiger partial charge < -0.3 is 9.88 Å². The van der Waals surface area contributed by atoms with E-state index in [4.69, 9.17) is 5.26 Å². The summed E-state index contributed by atoms with van der Waals surface area (Å²) in [7, 11) is 1.92. The Balaban J connectivity index is 1.83. The summed E-state index contributed by atoms with van der Waals surface area (Å²) in [5, 5.41) is 12.5. The van der Waals surface area contributed by atoms with Gasteiger partial charge in [-0.3, -0.25) is 0 Å². The summed E-state index contributed by atoms with van der Waals surface area (Å²) < 4.78 is 1.89. The molecule has 1 aromatic heterocycles. The molecule has 2 rings (SSSR count). The van der Waals surface area contributed by atoms with Crippen LogP contribution in [0.1, 0.15) is 43.9 Å². The largest absolute Gasteiger partial charge is 0.342 e. The molecule has 1 heterocycles. The number of nitrogens with zero attached hydrogens (tertiary/aromatic N) is 2. The second-order valence-corrected chi connectivity index (χ2v) is 5.29. The molecule has 1 saturated carbocycles. The predicted octanol–water partition coefficient (Wildman–Crippen LogP) is 2.57. The van der Waals surface area contributed by atoms with Gasteiger partial charge in [0.05, 0.1) is 0 Å². The van der Waals surface area contributed by atoms with Crippen molar-refractivity contribution in [2.75, 3.05) is 0 Å². The maximum Gasteiger partial charge on any atom is 0.120 e. The van der Waals surface area contributed by atoms with Gasteiger partial charge in [-0.25, -0.2) is 0 Å². The van der Waals surface area contributed by atoms with Gasteiger partial charge in [-0.15, -0.1) is 0 Å². The lowest BCUT2D eigenvalue weighted by Crippen LogP contribution is -2.32. The summed E-state index contributed by atoms with van der Waals surface area (Å²) in [6.45, 7) is 3.22. The Morgan fingerprint density at radius 1 is 1.41 bits per heavy atom. The zero-order chi connectivity index (χ0) is 12.3. The molecule has 1 N–H and O–H groups in total. The van der Waals surface area contributed by atoms with Gasteiger partial charge in [0.25, 0.3) is 0 Å². The van der Waals surface area contributed by atoms with Crippen molar-refractivity contribution in [1.82, 2.24) is 9.88 Å². The summed E-state index contributed by atoms with van der Waals surface area (Å²) in [6, 6.07) is 4.83. The highest BCUT2D eigenvalue weighted by Gasteiger charge is 2.17. The quantitative estimate of drug-likeness (QED) is 0.868. The Bertz CT molecular complexity index is 406. The van der Waals surface area contributed by atoms with Gasteiger partial charge in [-0.1, -0.05) is 6.92 Å². The Morgan fingerprint density at radius 2 is 2.12 bits per heavy atom. The molecule has 1 aliphatic rings. The molecule has 0 atom stereocenters. The van der Waals surface area contributed by atoms with Crippen molar-refractivity contribution >= 4 is 0 Å². The fourth-order valence-corrected chi connectivity index (χ4v) is 2.57. The van der Waals surface area contributed by atoms with Crippen LogP contribution in [0.25, 0.3) is 0 Å². The molecule has 3 heteroatoms. The third-order valence-electron chi connectivity index (χ3n) is 3.79. The van der Waals surface area contributed by atoms with Crippen molar-refractivity contribution < 1.29 is 0 Å².